The molecule has 24 heavy (non-hydrogen) atoms. The maximum Gasteiger partial charge on any atom is 0.353 e. The molecule has 0 aliphatic rings. The lowest BCUT2D eigenvalue weighted by Crippen LogP contribution is -2.15. The van der Waals surface area contributed by atoms with Gasteiger partial charge in [0.05, 0.1) is 12.7 Å². The van der Waals surface area contributed by atoms with Crippen LogP contribution in [0.5, 0.6) is 0 Å². The quantitative estimate of drug-likeness (QED) is 0.499. The molecule has 2 aromatic carbocycles. The van der Waals surface area contributed by atoms with E-state index in [-0.39, 0.29) is 16.8 Å². The van der Waals surface area contributed by atoms with Gasteiger partial charge in [0, 0.05) is 16.8 Å². The van der Waals surface area contributed by atoms with Crippen molar-refractivity contribution in [1.29, 1.82) is 0 Å². The van der Waals surface area contributed by atoms with Crippen molar-refractivity contribution in [2.75, 3.05) is 12.4 Å². The number of carbonyl (C=O) groups is 3. The molecule has 0 radical (unpaired) electrons. The van der Waals surface area contributed by atoms with Gasteiger partial charge < -0.3 is 15.8 Å². The minimum atomic E-state index is -0.664. The third kappa shape index (κ3) is 3.86. The van der Waals surface area contributed by atoms with Crippen molar-refractivity contribution in [3.8, 4) is 0 Å². The van der Waals surface area contributed by atoms with Gasteiger partial charge in [-0.2, -0.15) is 0 Å². The van der Waals surface area contributed by atoms with Gasteiger partial charge in [0.25, 0.3) is 5.91 Å². The molecule has 0 atom stereocenters. The van der Waals surface area contributed by atoms with E-state index in [4.69, 9.17) is 5.73 Å². The second-order valence-electron chi connectivity index (χ2n) is 4.84. The van der Waals surface area contributed by atoms with Crippen LogP contribution in [-0.4, -0.2) is 25.3 Å². The van der Waals surface area contributed by atoms with Gasteiger partial charge in [-0.05, 0) is 18.2 Å². The van der Waals surface area contributed by atoms with E-state index in [1.165, 1.54) is 13.2 Å². The zero-order valence-corrected chi connectivity index (χ0v) is 13.0. The number of nitrogens with one attached hydrogen (secondary N) is 1. The maximum absolute atomic E-state index is 12.4. The van der Waals surface area contributed by atoms with E-state index in [0.29, 0.717) is 17.5 Å². The summed E-state index contributed by atoms with van der Waals surface area (Å²) in [5, 5.41) is 2.71. The summed E-state index contributed by atoms with van der Waals surface area (Å²) in [6.45, 7) is 0. The highest BCUT2D eigenvalue weighted by Gasteiger charge is 2.13. The minimum Gasteiger partial charge on any atom is -0.464 e. The molecule has 0 saturated carbocycles. The summed E-state index contributed by atoms with van der Waals surface area (Å²) in [5.74, 6) is -1.10. The molecular formula is C18H16N2O4. The Morgan fingerprint density at radius 3 is 2.33 bits per heavy atom. The highest BCUT2D eigenvalue weighted by atomic mass is 16.5. The number of rotatable bonds is 5. The van der Waals surface area contributed by atoms with E-state index in [2.05, 4.69) is 10.1 Å². The Balaban J connectivity index is 2.32. The van der Waals surface area contributed by atoms with E-state index in [0.717, 1.165) is 0 Å². The van der Waals surface area contributed by atoms with Gasteiger partial charge in [-0.3, -0.25) is 9.59 Å². The summed E-state index contributed by atoms with van der Waals surface area (Å²) in [4.78, 5) is 34.9. The molecule has 122 valence electrons. The molecular weight excluding hydrogens is 308 g/mol. The molecule has 0 aromatic heterocycles. The van der Waals surface area contributed by atoms with E-state index in [1.807, 2.05) is 0 Å². The van der Waals surface area contributed by atoms with E-state index < -0.39 is 11.9 Å². The van der Waals surface area contributed by atoms with Crippen molar-refractivity contribution in [2.24, 2.45) is 5.73 Å². The van der Waals surface area contributed by atoms with Crippen molar-refractivity contribution in [3.63, 3.8) is 0 Å². The number of aldehydes is 1. The Labute approximate surface area is 138 Å². The number of nitrogens with two attached hydrogens (primary N) is 1. The molecule has 6 nitrogen and oxygen atoms in total. The highest BCUT2D eigenvalue weighted by Crippen LogP contribution is 2.19. The van der Waals surface area contributed by atoms with Gasteiger partial charge in [0.15, 0.2) is 6.29 Å². The average Bonchev–Trinajstić information content (AvgIpc) is 2.62. The van der Waals surface area contributed by atoms with Crippen molar-refractivity contribution >= 4 is 29.9 Å². The average molecular weight is 324 g/mol. The number of hydrogen-bond acceptors (Lipinski definition) is 5. The molecule has 0 unspecified atom stereocenters. The molecule has 0 bridgehead atoms. The second-order valence-corrected chi connectivity index (χ2v) is 4.84. The van der Waals surface area contributed by atoms with Crippen LogP contribution in [0.4, 0.5) is 5.69 Å². The normalized spacial score (nSPS) is 10.8. The van der Waals surface area contributed by atoms with Crippen LogP contribution in [0.3, 0.4) is 0 Å². The maximum atomic E-state index is 12.4. The zero-order chi connectivity index (χ0) is 17.5. The molecule has 3 N–H and O–H groups in total. The smallest absolute Gasteiger partial charge is 0.353 e. The van der Waals surface area contributed by atoms with Crippen LogP contribution in [0.15, 0.2) is 54.2 Å². The molecule has 0 aliphatic carbocycles. The molecule has 0 aliphatic heterocycles. The standard InChI is InChI=1S/C18H16N2O4/c1-24-18(23)15(19)10-12-6-3-5-9-16(12)20-17(22)14-8-4-2-7-13(14)11-21/h2-11H,19H2,1H3,(H,20,22). The Kier molecular flexibility index (Phi) is 5.46. The van der Waals surface area contributed by atoms with Gasteiger partial charge in [-0.25, -0.2) is 4.79 Å². The number of amides is 1. The fourth-order valence-corrected chi connectivity index (χ4v) is 2.08. The summed E-state index contributed by atoms with van der Waals surface area (Å²) < 4.78 is 4.55. The minimum absolute atomic E-state index is 0.0903. The third-order valence-electron chi connectivity index (χ3n) is 3.27. The summed E-state index contributed by atoms with van der Waals surface area (Å²) in [7, 11) is 1.23. The van der Waals surface area contributed by atoms with Gasteiger partial charge in [-0.15, -0.1) is 0 Å². The first-order valence-corrected chi connectivity index (χ1v) is 7.07. The number of carbonyl (C=O) groups excluding carboxylic acids is 3. The SMILES string of the molecule is COC(=O)C(N)=Cc1ccccc1NC(=O)c1ccccc1C=O. The largest absolute Gasteiger partial charge is 0.464 e. The van der Waals surface area contributed by atoms with E-state index >= 15 is 0 Å². The van der Waals surface area contributed by atoms with Crippen LogP contribution in [0.1, 0.15) is 26.3 Å². The van der Waals surface area contributed by atoms with Crippen molar-refractivity contribution in [2.45, 2.75) is 0 Å². The molecule has 0 fully saturated rings. The summed E-state index contributed by atoms with van der Waals surface area (Å²) >= 11 is 0. The van der Waals surface area contributed by atoms with Crippen molar-refractivity contribution in [3.05, 3.63) is 70.9 Å². The van der Waals surface area contributed by atoms with Gasteiger partial charge in [0.2, 0.25) is 0 Å². The van der Waals surface area contributed by atoms with Gasteiger partial charge in [0.1, 0.15) is 5.70 Å². The number of esters is 1. The van der Waals surface area contributed by atoms with E-state index in [1.54, 1.807) is 48.5 Å². The number of anilines is 1. The van der Waals surface area contributed by atoms with Crippen molar-refractivity contribution < 1.29 is 19.1 Å². The Hall–Kier alpha value is -3.41. The number of methoxy groups -OCH3 is 1. The predicted molar refractivity (Wildman–Crippen MR) is 90.4 cm³/mol. The fourth-order valence-electron chi connectivity index (χ4n) is 2.08. The number of hydrogen-bond donors (Lipinski definition) is 2. The van der Waals surface area contributed by atoms with Crippen LogP contribution in [0.2, 0.25) is 0 Å². The Morgan fingerprint density at radius 1 is 1.04 bits per heavy atom. The summed E-state index contributed by atoms with van der Waals surface area (Å²) in [6.07, 6.45) is 2.03. The highest BCUT2D eigenvalue weighted by molar-refractivity contribution is 6.09. The second kappa shape index (κ2) is 7.73. The topological polar surface area (TPSA) is 98.5 Å². The van der Waals surface area contributed by atoms with Crippen LogP contribution < -0.4 is 11.1 Å². The van der Waals surface area contributed by atoms with Gasteiger partial charge in [-0.1, -0.05) is 36.4 Å². The fraction of sp³-hybridized carbons (Fsp3) is 0.0556. The Morgan fingerprint density at radius 2 is 1.67 bits per heavy atom. The zero-order valence-electron chi connectivity index (χ0n) is 13.0. The molecule has 2 aromatic rings. The van der Waals surface area contributed by atoms with E-state index in [9.17, 15) is 14.4 Å². The molecule has 0 spiro atoms. The first-order valence-electron chi connectivity index (χ1n) is 7.07. The van der Waals surface area contributed by atoms with Crippen LogP contribution in [0, 0.1) is 0 Å². The molecule has 6 heteroatoms. The molecule has 0 saturated heterocycles. The monoisotopic (exact) mass is 324 g/mol. The summed E-state index contributed by atoms with van der Waals surface area (Å²) in [6, 6.07) is 13.3. The summed E-state index contributed by atoms with van der Waals surface area (Å²) in [5.41, 5.74) is 7.09. The van der Waals surface area contributed by atoms with Crippen LogP contribution >= 0.6 is 0 Å². The van der Waals surface area contributed by atoms with Gasteiger partial charge >= 0.3 is 5.97 Å². The lowest BCUT2D eigenvalue weighted by atomic mass is 10.1. The predicted octanol–water partition coefficient (Wildman–Crippen LogP) is 2.22. The number of benzene rings is 2. The third-order valence-corrected chi connectivity index (χ3v) is 3.27. The molecule has 2 rings (SSSR count). The Bertz CT molecular complexity index is 812. The lowest BCUT2D eigenvalue weighted by Gasteiger charge is -2.10. The lowest BCUT2D eigenvalue weighted by molar-refractivity contribution is -0.136. The number of para-hydroxylation sites is 1. The number of ether oxygens (including phenoxy) is 1. The molecule has 1 amide bonds. The first-order chi connectivity index (χ1) is 11.6. The van der Waals surface area contributed by atoms with Crippen LogP contribution in [0.25, 0.3) is 6.08 Å². The van der Waals surface area contributed by atoms with Crippen LogP contribution in [-0.2, 0) is 9.53 Å². The van der Waals surface area contributed by atoms with Crippen molar-refractivity contribution in [1.82, 2.24) is 0 Å². The molecule has 0 heterocycles. The first kappa shape index (κ1) is 17.0.